The Morgan fingerprint density at radius 2 is 2.00 bits per heavy atom. The maximum absolute atomic E-state index is 12.9. The average Bonchev–Trinajstić information content (AvgIpc) is 2.47. The van der Waals surface area contributed by atoms with E-state index in [-0.39, 0.29) is 6.04 Å². The normalized spacial score (nSPS) is 32.5. The fraction of sp³-hybridized carbons (Fsp3) is 1.00. The summed E-state index contributed by atoms with van der Waals surface area (Å²) in [6.45, 7) is 4.47. The largest absolute Gasteiger partial charge is 0.319 e. The summed E-state index contributed by atoms with van der Waals surface area (Å²) < 4.78 is 29.1. The van der Waals surface area contributed by atoms with Crippen molar-refractivity contribution in [1.82, 2.24) is 13.9 Å². The minimum Gasteiger partial charge on any atom is -0.319 e. The van der Waals surface area contributed by atoms with Crippen LogP contribution in [-0.2, 0) is 10.2 Å². The van der Waals surface area contributed by atoms with Crippen molar-refractivity contribution in [2.75, 3.05) is 33.7 Å². The molecule has 0 aromatic carbocycles. The third kappa shape index (κ3) is 4.18. The lowest BCUT2D eigenvalue weighted by molar-refractivity contribution is 0.207. The maximum atomic E-state index is 12.9. The highest BCUT2D eigenvalue weighted by atomic mass is 32.2. The smallest absolute Gasteiger partial charge is 0.281 e. The van der Waals surface area contributed by atoms with Gasteiger partial charge in [0.05, 0.1) is 0 Å². The van der Waals surface area contributed by atoms with Crippen molar-refractivity contribution in [1.29, 1.82) is 0 Å². The fourth-order valence-corrected chi connectivity index (χ4v) is 5.49. The third-order valence-corrected chi connectivity index (χ3v) is 7.10. The van der Waals surface area contributed by atoms with Gasteiger partial charge in [-0.05, 0) is 51.1 Å². The summed E-state index contributed by atoms with van der Waals surface area (Å²) in [4.78, 5) is 0. The Kier molecular flexibility index (Phi) is 6.05. The van der Waals surface area contributed by atoms with E-state index in [1.807, 2.05) is 7.05 Å². The van der Waals surface area contributed by atoms with Gasteiger partial charge in [0.2, 0.25) is 0 Å². The number of nitrogens with one attached hydrogen (secondary N) is 1. The molecule has 0 spiro atoms. The van der Waals surface area contributed by atoms with Crippen molar-refractivity contribution in [2.24, 2.45) is 11.8 Å². The molecule has 1 heterocycles. The molecular formula is C15H31N3O2S. The van der Waals surface area contributed by atoms with Crippen molar-refractivity contribution < 1.29 is 8.42 Å². The standard InChI is InChI=1S/C15H31N3O2S/c1-13-6-4-8-15(10-13)17(3)21(19,20)18-9-5-7-14(12-18)11-16-2/h13-16H,4-12H2,1-3H3. The van der Waals surface area contributed by atoms with Crippen LogP contribution < -0.4 is 5.32 Å². The van der Waals surface area contributed by atoms with E-state index in [1.54, 1.807) is 15.7 Å². The van der Waals surface area contributed by atoms with Gasteiger partial charge in [0, 0.05) is 26.2 Å². The van der Waals surface area contributed by atoms with Crippen LogP contribution in [-0.4, -0.2) is 56.8 Å². The van der Waals surface area contributed by atoms with Crippen molar-refractivity contribution in [3.63, 3.8) is 0 Å². The van der Waals surface area contributed by atoms with Gasteiger partial charge >= 0.3 is 0 Å². The first-order chi connectivity index (χ1) is 9.95. The molecule has 21 heavy (non-hydrogen) atoms. The molecule has 0 amide bonds. The molecule has 1 N–H and O–H groups in total. The van der Waals surface area contributed by atoms with Gasteiger partial charge in [0.1, 0.15) is 0 Å². The highest BCUT2D eigenvalue weighted by Gasteiger charge is 2.36. The number of nitrogens with zero attached hydrogens (tertiary/aromatic N) is 2. The topological polar surface area (TPSA) is 52.7 Å². The van der Waals surface area contributed by atoms with Crippen LogP contribution >= 0.6 is 0 Å². The van der Waals surface area contributed by atoms with Crippen molar-refractivity contribution in [2.45, 2.75) is 51.5 Å². The zero-order chi connectivity index (χ0) is 15.5. The number of hydrogen-bond donors (Lipinski definition) is 1. The molecule has 2 aliphatic rings. The van der Waals surface area contributed by atoms with Crippen LogP contribution in [0.15, 0.2) is 0 Å². The quantitative estimate of drug-likeness (QED) is 0.839. The van der Waals surface area contributed by atoms with Crippen LogP contribution in [0.2, 0.25) is 0 Å². The summed E-state index contributed by atoms with van der Waals surface area (Å²) in [5.41, 5.74) is 0. The second-order valence-electron chi connectivity index (χ2n) is 6.87. The minimum absolute atomic E-state index is 0.184. The Balaban J connectivity index is 2.02. The molecule has 1 aliphatic heterocycles. The van der Waals surface area contributed by atoms with E-state index in [2.05, 4.69) is 12.2 Å². The van der Waals surface area contributed by atoms with Gasteiger partial charge in [-0.1, -0.05) is 19.8 Å². The number of rotatable bonds is 5. The van der Waals surface area contributed by atoms with Crippen molar-refractivity contribution in [3.05, 3.63) is 0 Å². The Hall–Kier alpha value is -0.170. The predicted molar refractivity (Wildman–Crippen MR) is 86.3 cm³/mol. The molecule has 1 saturated carbocycles. The van der Waals surface area contributed by atoms with Crippen LogP contribution in [0.4, 0.5) is 0 Å². The van der Waals surface area contributed by atoms with Crippen molar-refractivity contribution in [3.8, 4) is 0 Å². The molecule has 1 aliphatic carbocycles. The lowest BCUT2D eigenvalue weighted by atomic mass is 9.87. The van der Waals surface area contributed by atoms with Crippen LogP contribution in [0.1, 0.15) is 45.4 Å². The van der Waals surface area contributed by atoms with E-state index >= 15 is 0 Å². The summed E-state index contributed by atoms with van der Waals surface area (Å²) in [6, 6.07) is 0.184. The molecule has 0 radical (unpaired) electrons. The van der Waals surface area contributed by atoms with Gasteiger partial charge in [-0.25, -0.2) is 0 Å². The summed E-state index contributed by atoms with van der Waals surface area (Å²) in [7, 11) is 0.414. The third-order valence-electron chi connectivity index (χ3n) is 5.09. The van der Waals surface area contributed by atoms with Crippen LogP contribution in [0.3, 0.4) is 0 Å². The molecule has 0 aromatic rings. The SMILES string of the molecule is CNCC1CCCN(S(=O)(=O)N(C)C2CCCC(C)C2)C1. The second-order valence-corrected chi connectivity index (χ2v) is 8.86. The molecule has 5 nitrogen and oxygen atoms in total. The van der Waals surface area contributed by atoms with E-state index in [0.717, 1.165) is 38.6 Å². The van der Waals surface area contributed by atoms with Gasteiger partial charge in [0.25, 0.3) is 10.2 Å². The Morgan fingerprint density at radius 1 is 1.24 bits per heavy atom. The Bertz CT molecular complexity index is 425. The van der Waals surface area contributed by atoms with E-state index in [4.69, 9.17) is 0 Å². The van der Waals surface area contributed by atoms with E-state index < -0.39 is 10.2 Å². The first-order valence-corrected chi connectivity index (χ1v) is 9.72. The molecule has 1 saturated heterocycles. The van der Waals surface area contributed by atoms with Crippen LogP contribution in [0.25, 0.3) is 0 Å². The maximum Gasteiger partial charge on any atom is 0.281 e. The predicted octanol–water partition coefficient (Wildman–Crippen LogP) is 1.67. The summed E-state index contributed by atoms with van der Waals surface area (Å²) in [6.07, 6.45) is 6.49. The van der Waals surface area contributed by atoms with Gasteiger partial charge in [-0.2, -0.15) is 17.0 Å². The number of piperidine rings is 1. The first kappa shape index (κ1) is 17.2. The number of hydrogen-bond acceptors (Lipinski definition) is 3. The molecule has 3 unspecified atom stereocenters. The highest BCUT2D eigenvalue weighted by molar-refractivity contribution is 7.86. The molecule has 2 rings (SSSR count). The van der Waals surface area contributed by atoms with E-state index in [1.165, 1.54) is 6.42 Å². The molecule has 0 bridgehead atoms. The Morgan fingerprint density at radius 3 is 2.67 bits per heavy atom. The minimum atomic E-state index is -3.30. The van der Waals surface area contributed by atoms with E-state index in [0.29, 0.717) is 24.9 Å². The molecular weight excluding hydrogens is 286 g/mol. The van der Waals surface area contributed by atoms with Gasteiger partial charge < -0.3 is 5.32 Å². The summed E-state index contributed by atoms with van der Waals surface area (Å²) in [5, 5.41) is 3.17. The molecule has 2 fully saturated rings. The highest BCUT2D eigenvalue weighted by Crippen LogP contribution is 2.30. The van der Waals surface area contributed by atoms with Crippen LogP contribution in [0, 0.1) is 11.8 Å². The molecule has 6 heteroatoms. The van der Waals surface area contributed by atoms with Crippen LogP contribution in [0.5, 0.6) is 0 Å². The Labute approximate surface area is 130 Å². The van der Waals surface area contributed by atoms with Gasteiger partial charge in [-0.3, -0.25) is 0 Å². The summed E-state index contributed by atoms with van der Waals surface area (Å²) >= 11 is 0. The van der Waals surface area contributed by atoms with E-state index in [9.17, 15) is 8.42 Å². The lowest BCUT2D eigenvalue weighted by Gasteiger charge is -2.39. The fourth-order valence-electron chi connectivity index (χ4n) is 3.79. The zero-order valence-corrected chi connectivity index (χ0v) is 14.5. The van der Waals surface area contributed by atoms with Gasteiger partial charge in [-0.15, -0.1) is 0 Å². The molecule has 0 aromatic heterocycles. The lowest BCUT2D eigenvalue weighted by Crippen LogP contribution is -2.51. The average molecular weight is 317 g/mol. The van der Waals surface area contributed by atoms with Crippen molar-refractivity contribution >= 4 is 10.2 Å². The monoisotopic (exact) mass is 317 g/mol. The molecule has 3 atom stereocenters. The van der Waals surface area contributed by atoms with Gasteiger partial charge in [0.15, 0.2) is 0 Å². The zero-order valence-electron chi connectivity index (χ0n) is 13.7. The second kappa shape index (κ2) is 7.40. The first-order valence-electron chi connectivity index (χ1n) is 8.32. The summed E-state index contributed by atoms with van der Waals surface area (Å²) in [5.74, 6) is 1.08. The molecule has 124 valence electrons.